The number of aryl methyl sites for hydroxylation is 1. The standard InChI is InChI=1S/C24H22ClN5O5/c1-14-9-18(19(35-3)11-17(14)25)28-20(31)13-29-22-21(26-7-8-27-22)23(32)30(24(29)33)12-15-5-4-6-16(10-15)34-2/h4-11H,12-13H2,1-3H3,(H,28,31). The molecule has 4 rings (SSSR count). The van der Waals surface area contributed by atoms with Crippen molar-refractivity contribution < 1.29 is 14.3 Å². The molecule has 1 amide bonds. The van der Waals surface area contributed by atoms with E-state index in [0.717, 1.165) is 14.7 Å². The number of nitrogens with zero attached hydrogens (tertiary/aromatic N) is 4. The first-order chi connectivity index (χ1) is 16.8. The largest absolute Gasteiger partial charge is 0.497 e. The summed E-state index contributed by atoms with van der Waals surface area (Å²) in [7, 11) is 2.98. The number of halogens is 1. The van der Waals surface area contributed by atoms with Crippen LogP contribution < -0.4 is 26.0 Å². The number of carbonyl (C=O) groups excluding carboxylic acids is 1. The van der Waals surface area contributed by atoms with Gasteiger partial charge < -0.3 is 14.8 Å². The lowest BCUT2D eigenvalue weighted by Crippen LogP contribution is -2.42. The first-order valence-corrected chi connectivity index (χ1v) is 10.9. The van der Waals surface area contributed by atoms with E-state index in [1.165, 1.54) is 26.6 Å². The maximum absolute atomic E-state index is 13.4. The summed E-state index contributed by atoms with van der Waals surface area (Å²) in [5.74, 6) is 0.433. The Morgan fingerprint density at radius 1 is 1.06 bits per heavy atom. The Hall–Kier alpha value is -4.18. The second kappa shape index (κ2) is 9.98. The number of benzene rings is 2. The third-order valence-electron chi connectivity index (χ3n) is 5.38. The molecule has 4 aromatic rings. The Bertz CT molecular complexity index is 1550. The van der Waals surface area contributed by atoms with Gasteiger partial charge in [-0.2, -0.15) is 0 Å². The minimum Gasteiger partial charge on any atom is -0.497 e. The molecule has 0 aliphatic heterocycles. The fourth-order valence-electron chi connectivity index (χ4n) is 3.63. The minimum atomic E-state index is -0.694. The van der Waals surface area contributed by atoms with Crippen LogP contribution in [0.1, 0.15) is 11.1 Å². The van der Waals surface area contributed by atoms with E-state index in [2.05, 4.69) is 15.3 Å². The molecule has 2 heterocycles. The van der Waals surface area contributed by atoms with Gasteiger partial charge in [-0.15, -0.1) is 0 Å². The number of ether oxygens (including phenoxy) is 2. The number of carbonyl (C=O) groups is 1. The SMILES string of the molecule is COc1cccc(Cn2c(=O)c3nccnc3n(CC(=O)Nc3cc(C)c(Cl)cc3OC)c2=O)c1. The summed E-state index contributed by atoms with van der Waals surface area (Å²) in [5, 5.41) is 3.22. The Kier molecular flexibility index (Phi) is 6.83. The third kappa shape index (κ3) is 4.87. The van der Waals surface area contributed by atoms with Crippen molar-refractivity contribution in [2.24, 2.45) is 0 Å². The summed E-state index contributed by atoms with van der Waals surface area (Å²) < 4.78 is 12.7. The van der Waals surface area contributed by atoms with E-state index in [9.17, 15) is 14.4 Å². The van der Waals surface area contributed by atoms with Crippen LogP contribution in [0.15, 0.2) is 58.4 Å². The summed E-state index contributed by atoms with van der Waals surface area (Å²) >= 11 is 6.14. The predicted molar refractivity (Wildman–Crippen MR) is 132 cm³/mol. The van der Waals surface area contributed by atoms with Crippen LogP contribution in [0.25, 0.3) is 11.2 Å². The fourth-order valence-corrected chi connectivity index (χ4v) is 3.78. The zero-order valence-electron chi connectivity index (χ0n) is 19.2. The normalized spacial score (nSPS) is 10.9. The van der Waals surface area contributed by atoms with E-state index >= 15 is 0 Å². The van der Waals surface area contributed by atoms with Crippen molar-refractivity contribution in [3.63, 3.8) is 0 Å². The molecule has 0 bridgehead atoms. The third-order valence-corrected chi connectivity index (χ3v) is 5.78. The van der Waals surface area contributed by atoms with Crippen LogP contribution in [0.2, 0.25) is 5.02 Å². The van der Waals surface area contributed by atoms with Gasteiger partial charge in [0.15, 0.2) is 11.2 Å². The van der Waals surface area contributed by atoms with Crippen molar-refractivity contribution in [1.29, 1.82) is 0 Å². The van der Waals surface area contributed by atoms with E-state index in [1.807, 2.05) is 0 Å². The van der Waals surface area contributed by atoms with Gasteiger partial charge in [0.2, 0.25) is 5.91 Å². The molecule has 0 atom stereocenters. The molecule has 0 aliphatic carbocycles. The number of aromatic nitrogens is 4. The van der Waals surface area contributed by atoms with Gasteiger partial charge in [-0.1, -0.05) is 23.7 Å². The summed E-state index contributed by atoms with van der Waals surface area (Å²) in [6.07, 6.45) is 2.71. The Morgan fingerprint density at radius 3 is 2.57 bits per heavy atom. The van der Waals surface area contributed by atoms with Crippen molar-refractivity contribution in [1.82, 2.24) is 19.1 Å². The number of fused-ring (bicyclic) bond motifs is 1. The predicted octanol–water partition coefficient (Wildman–Crippen LogP) is 2.62. The van der Waals surface area contributed by atoms with Crippen LogP contribution in [0.4, 0.5) is 5.69 Å². The van der Waals surface area contributed by atoms with Crippen molar-refractivity contribution in [3.05, 3.63) is 85.8 Å². The molecule has 0 saturated carbocycles. The summed E-state index contributed by atoms with van der Waals surface area (Å²) in [6, 6.07) is 10.3. The number of amides is 1. The van der Waals surface area contributed by atoms with Gasteiger partial charge in [-0.25, -0.2) is 14.8 Å². The Morgan fingerprint density at radius 2 is 1.83 bits per heavy atom. The molecule has 1 N–H and O–H groups in total. The summed E-state index contributed by atoms with van der Waals surface area (Å²) in [6.45, 7) is 1.35. The summed E-state index contributed by atoms with van der Waals surface area (Å²) in [4.78, 5) is 47.7. The van der Waals surface area contributed by atoms with Gasteiger partial charge in [0, 0.05) is 23.5 Å². The Balaban J connectivity index is 1.75. The molecule has 0 fully saturated rings. The number of hydrogen-bond donors (Lipinski definition) is 1. The lowest BCUT2D eigenvalue weighted by molar-refractivity contribution is -0.116. The number of nitrogens with one attached hydrogen (secondary N) is 1. The molecular formula is C24H22ClN5O5. The first kappa shape index (κ1) is 24.0. The van der Waals surface area contributed by atoms with E-state index in [-0.39, 0.29) is 17.7 Å². The van der Waals surface area contributed by atoms with Crippen molar-refractivity contribution in [2.75, 3.05) is 19.5 Å². The number of anilines is 1. The lowest BCUT2D eigenvalue weighted by Gasteiger charge is -2.15. The maximum Gasteiger partial charge on any atom is 0.333 e. The van der Waals surface area contributed by atoms with E-state index in [0.29, 0.717) is 27.8 Å². The summed E-state index contributed by atoms with van der Waals surface area (Å²) in [5.41, 5.74) is 0.495. The average Bonchev–Trinajstić information content (AvgIpc) is 2.86. The van der Waals surface area contributed by atoms with Crippen molar-refractivity contribution in [2.45, 2.75) is 20.0 Å². The highest BCUT2D eigenvalue weighted by molar-refractivity contribution is 6.31. The molecule has 180 valence electrons. The van der Waals surface area contributed by atoms with Crippen molar-refractivity contribution in [3.8, 4) is 11.5 Å². The molecule has 2 aromatic heterocycles. The molecule has 0 unspecified atom stereocenters. The van der Waals surface area contributed by atoms with E-state index in [1.54, 1.807) is 43.3 Å². The van der Waals surface area contributed by atoms with Crippen LogP contribution in [0, 0.1) is 6.92 Å². The number of hydrogen-bond acceptors (Lipinski definition) is 7. The van der Waals surface area contributed by atoms with E-state index < -0.39 is 23.7 Å². The van der Waals surface area contributed by atoms with Crippen LogP contribution in [-0.2, 0) is 17.9 Å². The van der Waals surface area contributed by atoms with Crippen LogP contribution in [0.5, 0.6) is 11.5 Å². The quantitative estimate of drug-likeness (QED) is 0.418. The number of rotatable bonds is 7. The van der Waals surface area contributed by atoms with Crippen LogP contribution in [0.3, 0.4) is 0 Å². The Labute approximate surface area is 204 Å². The second-order valence-corrected chi connectivity index (χ2v) is 8.10. The van der Waals surface area contributed by atoms with E-state index in [4.69, 9.17) is 21.1 Å². The van der Waals surface area contributed by atoms with Gasteiger partial charge >= 0.3 is 5.69 Å². The lowest BCUT2D eigenvalue weighted by atomic mass is 10.2. The molecular weight excluding hydrogens is 474 g/mol. The second-order valence-electron chi connectivity index (χ2n) is 7.69. The maximum atomic E-state index is 13.4. The van der Waals surface area contributed by atoms with Crippen LogP contribution in [-0.4, -0.2) is 39.2 Å². The molecule has 2 aromatic carbocycles. The minimum absolute atomic E-state index is 0.0128. The monoisotopic (exact) mass is 495 g/mol. The molecule has 0 aliphatic rings. The van der Waals surface area contributed by atoms with Gasteiger partial charge in [-0.3, -0.25) is 18.7 Å². The smallest absolute Gasteiger partial charge is 0.333 e. The van der Waals surface area contributed by atoms with Gasteiger partial charge in [0.1, 0.15) is 18.0 Å². The van der Waals surface area contributed by atoms with Crippen LogP contribution >= 0.6 is 11.6 Å². The molecule has 0 saturated heterocycles. The van der Waals surface area contributed by atoms with Gasteiger partial charge in [0.05, 0.1) is 26.5 Å². The number of methoxy groups -OCH3 is 2. The fraction of sp³-hybridized carbons (Fsp3) is 0.208. The average molecular weight is 496 g/mol. The first-order valence-electron chi connectivity index (χ1n) is 10.5. The molecule has 0 radical (unpaired) electrons. The van der Waals surface area contributed by atoms with Gasteiger partial charge in [0.25, 0.3) is 5.56 Å². The van der Waals surface area contributed by atoms with Crippen molar-refractivity contribution >= 4 is 34.4 Å². The zero-order chi connectivity index (χ0) is 25.1. The highest BCUT2D eigenvalue weighted by Gasteiger charge is 2.19. The highest BCUT2D eigenvalue weighted by atomic mass is 35.5. The molecule has 11 heteroatoms. The molecule has 0 spiro atoms. The zero-order valence-corrected chi connectivity index (χ0v) is 20.0. The molecule has 35 heavy (non-hydrogen) atoms. The highest BCUT2D eigenvalue weighted by Crippen LogP contribution is 2.30. The van der Waals surface area contributed by atoms with Gasteiger partial charge in [-0.05, 0) is 36.2 Å². The molecule has 10 nitrogen and oxygen atoms in total. The topological polar surface area (TPSA) is 117 Å².